The van der Waals surface area contributed by atoms with Gasteiger partial charge in [0.1, 0.15) is 22.6 Å². The molecule has 0 spiro atoms. The fraction of sp³-hybridized carbons (Fsp3) is 0.263. The molecule has 0 unspecified atom stereocenters. The summed E-state index contributed by atoms with van der Waals surface area (Å²) in [4.78, 5) is 24.1. The van der Waals surface area contributed by atoms with Gasteiger partial charge in [-0.2, -0.15) is 0 Å². The number of benzene rings is 2. The van der Waals surface area contributed by atoms with E-state index < -0.39 is 11.9 Å². The molecule has 0 aliphatic carbocycles. The Hall–Kier alpha value is -3.02. The standard InChI is InChI=1S/C19H20O6/c1-4-24-18(21)14-10-6-8-12(16(14)20)13-9-7-11-15(17(13)23-3)19(22)25-5-2/h6-11,20H,4-5H2,1-3H3. The van der Waals surface area contributed by atoms with Crippen LogP contribution in [0.25, 0.3) is 11.1 Å². The van der Waals surface area contributed by atoms with Gasteiger partial charge in [-0.25, -0.2) is 9.59 Å². The number of aromatic hydroxyl groups is 1. The molecule has 0 aliphatic heterocycles. The number of phenols is 1. The van der Waals surface area contributed by atoms with Gasteiger partial charge in [0.05, 0.1) is 20.3 Å². The van der Waals surface area contributed by atoms with Gasteiger partial charge in [0.15, 0.2) is 0 Å². The molecule has 0 aromatic heterocycles. The van der Waals surface area contributed by atoms with E-state index in [0.717, 1.165) is 0 Å². The SMILES string of the molecule is CCOC(=O)c1cccc(-c2cccc(C(=O)OCC)c2OC)c1O. The van der Waals surface area contributed by atoms with Crippen LogP contribution in [0.1, 0.15) is 34.6 Å². The van der Waals surface area contributed by atoms with Crippen LogP contribution >= 0.6 is 0 Å². The third kappa shape index (κ3) is 3.74. The number of carbonyl (C=O) groups is 2. The first kappa shape index (κ1) is 18.3. The molecule has 132 valence electrons. The average molecular weight is 344 g/mol. The van der Waals surface area contributed by atoms with E-state index in [1.807, 2.05) is 0 Å². The van der Waals surface area contributed by atoms with Gasteiger partial charge in [-0.05, 0) is 26.0 Å². The first-order valence-electron chi connectivity index (χ1n) is 7.88. The minimum atomic E-state index is -0.623. The van der Waals surface area contributed by atoms with Crippen LogP contribution in [0.4, 0.5) is 0 Å². The molecule has 6 nitrogen and oxygen atoms in total. The van der Waals surface area contributed by atoms with E-state index in [4.69, 9.17) is 14.2 Å². The van der Waals surface area contributed by atoms with Crippen LogP contribution in [0.5, 0.6) is 11.5 Å². The highest BCUT2D eigenvalue weighted by Gasteiger charge is 2.22. The van der Waals surface area contributed by atoms with Crippen molar-refractivity contribution in [2.24, 2.45) is 0 Å². The Morgan fingerprint density at radius 2 is 1.40 bits per heavy atom. The summed E-state index contributed by atoms with van der Waals surface area (Å²) in [6, 6.07) is 9.64. The number of ether oxygens (including phenoxy) is 3. The van der Waals surface area contributed by atoms with Crippen molar-refractivity contribution >= 4 is 11.9 Å². The average Bonchev–Trinajstić information content (AvgIpc) is 2.61. The van der Waals surface area contributed by atoms with Crippen LogP contribution in [0.2, 0.25) is 0 Å². The molecule has 6 heteroatoms. The van der Waals surface area contributed by atoms with E-state index in [2.05, 4.69) is 0 Å². The quantitative estimate of drug-likeness (QED) is 0.809. The molecule has 0 radical (unpaired) electrons. The van der Waals surface area contributed by atoms with E-state index in [9.17, 15) is 14.7 Å². The first-order chi connectivity index (χ1) is 12.0. The fourth-order valence-corrected chi connectivity index (χ4v) is 2.47. The van der Waals surface area contributed by atoms with Crippen molar-refractivity contribution in [3.63, 3.8) is 0 Å². The molecule has 0 atom stereocenters. The fourth-order valence-electron chi connectivity index (χ4n) is 2.47. The van der Waals surface area contributed by atoms with E-state index >= 15 is 0 Å². The monoisotopic (exact) mass is 344 g/mol. The minimum absolute atomic E-state index is 0.0444. The number of phenolic OH excluding ortho intramolecular Hbond substituents is 1. The third-order valence-electron chi connectivity index (χ3n) is 3.54. The lowest BCUT2D eigenvalue weighted by Crippen LogP contribution is -2.08. The van der Waals surface area contributed by atoms with Crippen LogP contribution in [0.15, 0.2) is 36.4 Å². The Morgan fingerprint density at radius 3 is 1.96 bits per heavy atom. The summed E-state index contributed by atoms with van der Waals surface area (Å²) in [6.07, 6.45) is 0. The molecule has 0 aliphatic rings. The lowest BCUT2D eigenvalue weighted by Gasteiger charge is -2.15. The molecule has 25 heavy (non-hydrogen) atoms. The zero-order chi connectivity index (χ0) is 18.4. The lowest BCUT2D eigenvalue weighted by atomic mass is 9.98. The summed E-state index contributed by atoms with van der Waals surface area (Å²) >= 11 is 0. The maximum atomic E-state index is 12.1. The van der Waals surface area contributed by atoms with Gasteiger partial charge in [-0.15, -0.1) is 0 Å². The Balaban J connectivity index is 2.59. The molecule has 1 N–H and O–H groups in total. The van der Waals surface area contributed by atoms with Gasteiger partial charge >= 0.3 is 11.9 Å². The van der Waals surface area contributed by atoms with Crippen molar-refractivity contribution in [2.45, 2.75) is 13.8 Å². The van der Waals surface area contributed by atoms with Crippen LogP contribution < -0.4 is 4.74 Å². The van der Waals surface area contributed by atoms with Crippen molar-refractivity contribution < 1.29 is 28.9 Å². The van der Waals surface area contributed by atoms with E-state index in [1.54, 1.807) is 44.2 Å². The summed E-state index contributed by atoms with van der Waals surface area (Å²) in [5, 5.41) is 10.5. The molecule has 0 saturated carbocycles. The van der Waals surface area contributed by atoms with Crippen molar-refractivity contribution in [3.05, 3.63) is 47.5 Å². The van der Waals surface area contributed by atoms with E-state index in [1.165, 1.54) is 13.2 Å². The van der Waals surface area contributed by atoms with Gasteiger partial charge in [0.2, 0.25) is 0 Å². The highest BCUT2D eigenvalue weighted by atomic mass is 16.5. The van der Waals surface area contributed by atoms with Gasteiger partial charge < -0.3 is 19.3 Å². The molecule has 2 rings (SSSR count). The molecular weight excluding hydrogens is 324 g/mol. The highest BCUT2D eigenvalue weighted by Crippen LogP contribution is 2.39. The summed E-state index contributed by atoms with van der Waals surface area (Å²) in [7, 11) is 1.42. The molecule has 2 aromatic rings. The first-order valence-corrected chi connectivity index (χ1v) is 7.88. The third-order valence-corrected chi connectivity index (χ3v) is 3.54. The molecule has 0 heterocycles. The zero-order valence-electron chi connectivity index (χ0n) is 14.4. The van der Waals surface area contributed by atoms with Gasteiger partial charge in [-0.1, -0.05) is 24.3 Å². The highest BCUT2D eigenvalue weighted by molar-refractivity contribution is 5.99. The van der Waals surface area contributed by atoms with Crippen LogP contribution in [-0.2, 0) is 9.47 Å². The predicted molar refractivity (Wildman–Crippen MR) is 92.0 cm³/mol. The van der Waals surface area contributed by atoms with Gasteiger partial charge in [0.25, 0.3) is 0 Å². The van der Waals surface area contributed by atoms with Crippen molar-refractivity contribution in [3.8, 4) is 22.6 Å². The number of esters is 2. The summed E-state index contributed by atoms with van der Waals surface area (Å²) in [5.74, 6) is -1.12. The molecule has 0 fully saturated rings. The smallest absolute Gasteiger partial charge is 0.341 e. The maximum absolute atomic E-state index is 12.1. The van der Waals surface area contributed by atoms with Gasteiger partial charge in [-0.3, -0.25) is 0 Å². The number of hydrogen-bond donors (Lipinski definition) is 1. The number of rotatable bonds is 6. The van der Waals surface area contributed by atoms with Crippen molar-refractivity contribution in [1.29, 1.82) is 0 Å². The molecule has 0 amide bonds. The number of methoxy groups -OCH3 is 1. The molecule has 2 aromatic carbocycles. The van der Waals surface area contributed by atoms with Crippen LogP contribution in [-0.4, -0.2) is 37.4 Å². The lowest BCUT2D eigenvalue weighted by molar-refractivity contribution is 0.0512. The number of para-hydroxylation sites is 2. The second-order valence-electron chi connectivity index (χ2n) is 5.03. The van der Waals surface area contributed by atoms with Crippen molar-refractivity contribution in [1.82, 2.24) is 0 Å². The Labute approximate surface area is 146 Å². The number of carbonyl (C=O) groups excluding carboxylic acids is 2. The second kappa shape index (κ2) is 8.19. The van der Waals surface area contributed by atoms with Crippen molar-refractivity contribution in [2.75, 3.05) is 20.3 Å². The maximum Gasteiger partial charge on any atom is 0.341 e. The summed E-state index contributed by atoms with van der Waals surface area (Å²) in [6.45, 7) is 3.83. The van der Waals surface area contributed by atoms with Crippen LogP contribution in [0.3, 0.4) is 0 Å². The molecular formula is C19H20O6. The Bertz CT molecular complexity index is 781. The largest absolute Gasteiger partial charge is 0.506 e. The topological polar surface area (TPSA) is 82.1 Å². The minimum Gasteiger partial charge on any atom is -0.506 e. The molecule has 0 saturated heterocycles. The van der Waals surface area contributed by atoms with Gasteiger partial charge in [0, 0.05) is 11.1 Å². The zero-order valence-corrected chi connectivity index (χ0v) is 14.4. The Morgan fingerprint density at radius 1 is 0.880 bits per heavy atom. The normalized spacial score (nSPS) is 10.2. The summed E-state index contributed by atoms with van der Waals surface area (Å²) < 4.78 is 15.3. The predicted octanol–water partition coefficient (Wildman–Crippen LogP) is 3.42. The summed E-state index contributed by atoms with van der Waals surface area (Å²) in [5.41, 5.74) is 1.11. The van der Waals surface area contributed by atoms with E-state index in [0.29, 0.717) is 11.1 Å². The van der Waals surface area contributed by atoms with Crippen LogP contribution in [0, 0.1) is 0 Å². The Kier molecular flexibility index (Phi) is 6.00. The molecule has 0 bridgehead atoms. The second-order valence-corrected chi connectivity index (χ2v) is 5.03. The van der Waals surface area contributed by atoms with E-state index in [-0.39, 0.29) is 35.8 Å². The number of hydrogen-bond acceptors (Lipinski definition) is 6.